The maximum atomic E-state index is 12.2. The first-order valence-corrected chi connectivity index (χ1v) is 5.92. The number of hydrogen-bond donors (Lipinski definition) is 1. The van der Waals surface area contributed by atoms with Gasteiger partial charge in [-0.15, -0.1) is 5.10 Å². The Bertz CT molecular complexity index is 582. The molecule has 1 heterocycles. The molecule has 0 spiro atoms. The van der Waals surface area contributed by atoms with Crippen molar-refractivity contribution in [2.75, 3.05) is 19.7 Å². The molecular weight excluding hydrogens is 232 g/mol. The van der Waals surface area contributed by atoms with E-state index in [0.29, 0.717) is 24.1 Å². The van der Waals surface area contributed by atoms with Crippen LogP contribution >= 0.6 is 0 Å². The van der Waals surface area contributed by atoms with Crippen molar-refractivity contribution in [1.29, 1.82) is 0 Å². The van der Waals surface area contributed by atoms with Crippen molar-refractivity contribution in [3.63, 3.8) is 0 Å². The average Bonchev–Trinajstić information content (AvgIpc) is 2.41. The standard InChI is InChI=1S/C12H16N4O2/c1-2-15(7-8-17)9-16-12(18)10-5-3-4-6-11(10)13-14-16/h3-6,17H,2,7-9H2,1H3. The molecular formula is C12H16N4O2. The molecule has 0 saturated heterocycles. The number of aliphatic hydroxyl groups excluding tert-OH is 1. The number of rotatable bonds is 5. The molecule has 0 atom stereocenters. The molecule has 0 aliphatic heterocycles. The van der Waals surface area contributed by atoms with Crippen molar-refractivity contribution in [2.24, 2.45) is 0 Å². The van der Waals surface area contributed by atoms with Crippen molar-refractivity contribution in [1.82, 2.24) is 19.9 Å². The summed E-state index contributed by atoms with van der Waals surface area (Å²) in [6, 6.07) is 7.14. The van der Waals surface area contributed by atoms with Gasteiger partial charge in [-0.3, -0.25) is 9.69 Å². The van der Waals surface area contributed by atoms with Crippen LogP contribution in [0.5, 0.6) is 0 Å². The largest absolute Gasteiger partial charge is 0.395 e. The number of fused-ring (bicyclic) bond motifs is 1. The van der Waals surface area contributed by atoms with E-state index in [1.54, 1.807) is 18.2 Å². The monoisotopic (exact) mass is 248 g/mol. The van der Waals surface area contributed by atoms with Crippen LogP contribution in [0.4, 0.5) is 0 Å². The normalized spacial score (nSPS) is 11.3. The van der Waals surface area contributed by atoms with Gasteiger partial charge in [-0.1, -0.05) is 24.3 Å². The fourth-order valence-electron chi connectivity index (χ4n) is 1.78. The molecule has 0 bridgehead atoms. The lowest BCUT2D eigenvalue weighted by atomic mass is 10.2. The quantitative estimate of drug-likeness (QED) is 0.810. The smallest absolute Gasteiger partial charge is 0.278 e. The Balaban J connectivity index is 2.34. The molecule has 1 aromatic carbocycles. The molecule has 2 aromatic rings. The van der Waals surface area contributed by atoms with Crippen molar-refractivity contribution >= 4 is 10.9 Å². The van der Waals surface area contributed by atoms with Crippen LogP contribution in [-0.2, 0) is 6.67 Å². The zero-order valence-electron chi connectivity index (χ0n) is 10.3. The summed E-state index contributed by atoms with van der Waals surface area (Å²) in [4.78, 5) is 14.1. The molecule has 18 heavy (non-hydrogen) atoms. The summed E-state index contributed by atoms with van der Waals surface area (Å²) in [6.45, 7) is 3.62. The number of aromatic nitrogens is 3. The van der Waals surface area contributed by atoms with Crippen LogP contribution in [0, 0.1) is 0 Å². The Labute approximate surface area is 104 Å². The van der Waals surface area contributed by atoms with E-state index < -0.39 is 0 Å². The fraction of sp³-hybridized carbons (Fsp3) is 0.417. The van der Waals surface area contributed by atoms with Gasteiger partial charge in [-0.25, -0.2) is 0 Å². The lowest BCUT2D eigenvalue weighted by Crippen LogP contribution is -2.35. The maximum Gasteiger partial charge on any atom is 0.278 e. The summed E-state index contributed by atoms with van der Waals surface area (Å²) >= 11 is 0. The van der Waals surface area contributed by atoms with Gasteiger partial charge in [0.15, 0.2) is 0 Å². The summed E-state index contributed by atoms with van der Waals surface area (Å²) in [5.74, 6) is 0. The van der Waals surface area contributed by atoms with Crippen LogP contribution in [0.2, 0.25) is 0 Å². The SMILES string of the molecule is CCN(CCO)Cn1nnc2ccccc2c1=O. The molecule has 1 aromatic heterocycles. The number of likely N-dealkylation sites (N-methyl/N-ethyl adjacent to an activating group) is 1. The Morgan fingerprint density at radius 2 is 2.17 bits per heavy atom. The summed E-state index contributed by atoms with van der Waals surface area (Å²) < 4.78 is 1.32. The van der Waals surface area contributed by atoms with Gasteiger partial charge < -0.3 is 5.11 Å². The third kappa shape index (κ3) is 2.55. The molecule has 6 nitrogen and oxygen atoms in total. The van der Waals surface area contributed by atoms with Crippen LogP contribution in [0.25, 0.3) is 10.9 Å². The van der Waals surface area contributed by atoms with Crippen LogP contribution in [-0.4, -0.2) is 44.7 Å². The topological polar surface area (TPSA) is 71.2 Å². The van der Waals surface area contributed by atoms with Crippen molar-refractivity contribution in [3.8, 4) is 0 Å². The Kier molecular flexibility index (Phi) is 4.01. The molecule has 0 unspecified atom stereocenters. The molecule has 6 heteroatoms. The Hall–Kier alpha value is -1.79. The summed E-state index contributed by atoms with van der Waals surface area (Å²) in [5.41, 5.74) is 0.445. The minimum absolute atomic E-state index is 0.0591. The second-order valence-electron chi connectivity index (χ2n) is 3.99. The van der Waals surface area contributed by atoms with E-state index in [9.17, 15) is 4.79 Å². The van der Waals surface area contributed by atoms with Crippen LogP contribution in [0.3, 0.4) is 0 Å². The average molecular weight is 248 g/mol. The van der Waals surface area contributed by atoms with E-state index in [4.69, 9.17) is 5.11 Å². The zero-order valence-corrected chi connectivity index (χ0v) is 10.3. The van der Waals surface area contributed by atoms with Gasteiger partial charge in [0.1, 0.15) is 5.52 Å². The number of hydrogen-bond acceptors (Lipinski definition) is 5. The van der Waals surface area contributed by atoms with Gasteiger partial charge in [0, 0.05) is 6.54 Å². The molecule has 0 radical (unpaired) electrons. The molecule has 0 aliphatic carbocycles. The van der Waals surface area contributed by atoms with E-state index in [1.807, 2.05) is 17.9 Å². The highest BCUT2D eigenvalue weighted by atomic mass is 16.3. The van der Waals surface area contributed by atoms with Gasteiger partial charge in [0.2, 0.25) is 0 Å². The number of nitrogens with zero attached hydrogens (tertiary/aromatic N) is 4. The number of aliphatic hydroxyl groups is 1. The highest BCUT2D eigenvalue weighted by molar-refractivity contribution is 5.76. The lowest BCUT2D eigenvalue weighted by Gasteiger charge is -2.18. The van der Waals surface area contributed by atoms with E-state index in [2.05, 4.69) is 10.3 Å². The second-order valence-corrected chi connectivity index (χ2v) is 3.99. The van der Waals surface area contributed by atoms with Gasteiger partial charge >= 0.3 is 0 Å². The van der Waals surface area contributed by atoms with E-state index in [0.717, 1.165) is 6.54 Å². The maximum absolute atomic E-state index is 12.2. The molecule has 2 rings (SSSR count). The third-order valence-electron chi connectivity index (χ3n) is 2.83. The predicted octanol–water partition coefficient (Wildman–Crippen LogP) is 0.0632. The molecule has 0 saturated carbocycles. The Morgan fingerprint density at radius 3 is 2.89 bits per heavy atom. The molecule has 0 aliphatic rings. The minimum Gasteiger partial charge on any atom is -0.395 e. The first-order valence-electron chi connectivity index (χ1n) is 5.92. The zero-order chi connectivity index (χ0) is 13.0. The van der Waals surface area contributed by atoms with Crippen molar-refractivity contribution < 1.29 is 5.11 Å². The molecule has 0 amide bonds. The predicted molar refractivity (Wildman–Crippen MR) is 68.1 cm³/mol. The van der Waals surface area contributed by atoms with Gasteiger partial charge in [-0.05, 0) is 18.7 Å². The first kappa shape index (κ1) is 12.7. The lowest BCUT2D eigenvalue weighted by molar-refractivity contribution is 0.160. The van der Waals surface area contributed by atoms with Gasteiger partial charge in [0.05, 0.1) is 18.7 Å². The Morgan fingerprint density at radius 1 is 1.39 bits per heavy atom. The van der Waals surface area contributed by atoms with Crippen LogP contribution in [0.15, 0.2) is 29.1 Å². The van der Waals surface area contributed by atoms with Gasteiger partial charge in [-0.2, -0.15) is 4.68 Å². The van der Waals surface area contributed by atoms with Crippen LogP contribution in [0.1, 0.15) is 6.92 Å². The van der Waals surface area contributed by atoms with Gasteiger partial charge in [0.25, 0.3) is 5.56 Å². The summed E-state index contributed by atoms with van der Waals surface area (Å²) in [6.07, 6.45) is 0. The van der Waals surface area contributed by atoms with E-state index in [1.165, 1.54) is 4.68 Å². The molecule has 0 fully saturated rings. The molecule has 96 valence electrons. The molecule has 1 N–H and O–H groups in total. The first-order chi connectivity index (χ1) is 8.76. The van der Waals surface area contributed by atoms with Crippen LogP contribution < -0.4 is 5.56 Å². The summed E-state index contributed by atoms with van der Waals surface area (Å²) in [7, 11) is 0. The summed E-state index contributed by atoms with van der Waals surface area (Å²) in [5, 5.41) is 17.4. The second kappa shape index (κ2) is 5.70. The highest BCUT2D eigenvalue weighted by Crippen LogP contribution is 2.03. The minimum atomic E-state index is -0.156. The highest BCUT2D eigenvalue weighted by Gasteiger charge is 2.08. The van der Waals surface area contributed by atoms with E-state index >= 15 is 0 Å². The number of benzene rings is 1. The third-order valence-corrected chi connectivity index (χ3v) is 2.83. The fourth-order valence-corrected chi connectivity index (χ4v) is 1.78. The van der Waals surface area contributed by atoms with Crippen molar-refractivity contribution in [3.05, 3.63) is 34.6 Å². The van der Waals surface area contributed by atoms with Crippen molar-refractivity contribution in [2.45, 2.75) is 13.6 Å². The van der Waals surface area contributed by atoms with E-state index in [-0.39, 0.29) is 12.2 Å².